The monoisotopic (exact) mass is 360 g/mol. The molecule has 4 nitrogen and oxygen atoms in total. The topological polar surface area (TPSA) is 63.4 Å². The molecule has 0 unspecified atom stereocenters. The zero-order valence-electron chi connectivity index (χ0n) is 11.7. The van der Waals surface area contributed by atoms with Gasteiger partial charge in [0.15, 0.2) is 0 Å². The van der Waals surface area contributed by atoms with E-state index in [2.05, 4.69) is 22.9 Å². The highest BCUT2D eigenvalue weighted by Crippen LogP contribution is 2.29. The lowest BCUT2D eigenvalue weighted by molar-refractivity contribution is 0.262. The predicted octanol–water partition coefficient (Wildman–Crippen LogP) is 3.23. The van der Waals surface area contributed by atoms with Crippen LogP contribution in [-0.4, -0.2) is 25.8 Å². The minimum Gasteiger partial charge on any atom is -0.398 e. The molecule has 1 aromatic carbocycles. The van der Waals surface area contributed by atoms with Gasteiger partial charge in [0, 0.05) is 23.2 Å². The average Bonchev–Trinajstić information content (AvgIpc) is 2.43. The second kappa shape index (κ2) is 6.45. The molecule has 0 spiro atoms. The molecular formula is C14H21BrN2O2S. The maximum Gasteiger partial charge on any atom is 0.243 e. The van der Waals surface area contributed by atoms with Gasteiger partial charge in [0.1, 0.15) is 0 Å². The minimum absolute atomic E-state index is 0.313. The molecular weight excluding hydrogens is 340 g/mol. The average molecular weight is 361 g/mol. The number of piperidine rings is 1. The van der Waals surface area contributed by atoms with E-state index in [4.69, 9.17) is 5.73 Å². The molecule has 0 bridgehead atoms. The van der Waals surface area contributed by atoms with Crippen molar-refractivity contribution in [3.63, 3.8) is 0 Å². The van der Waals surface area contributed by atoms with E-state index in [1.54, 1.807) is 22.5 Å². The quantitative estimate of drug-likeness (QED) is 0.838. The number of nitrogens with two attached hydrogens (primary N) is 1. The van der Waals surface area contributed by atoms with E-state index in [0.717, 1.165) is 12.8 Å². The fourth-order valence-corrected chi connectivity index (χ4v) is 4.69. The summed E-state index contributed by atoms with van der Waals surface area (Å²) in [6.45, 7) is 3.42. The fourth-order valence-electron chi connectivity index (χ4n) is 2.66. The van der Waals surface area contributed by atoms with E-state index in [0.29, 0.717) is 34.1 Å². The van der Waals surface area contributed by atoms with Crippen LogP contribution in [0.2, 0.25) is 0 Å². The SMILES string of the molecule is CCCC1CCN(S(=O)(=O)c2ccc(N)c(Br)c2)CC1. The minimum atomic E-state index is -3.39. The summed E-state index contributed by atoms with van der Waals surface area (Å²) < 4.78 is 27.4. The van der Waals surface area contributed by atoms with Crippen molar-refractivity contribution in [3.8, 4) is 0 Å². The highest BCUT2D eigenvalue weighted by atomic mass is 79.9. The third kappa shape index (κ3) is 3.35. The first-order valence-corrected chi connectivity index (χ1v) is 9.23. The summed E-state index contributed by atoms with van der Waals surface area (Å²) in [5.41, 5.74) is 6.25. The highest BCUT2D eigenvalue weighted by Gasteiger charge is 2.29. The summed E-state index contributed by atoms with van der Waals surface area (Å²) >= 11 is 3.28. The number of benzene rings is 1. The predicted molar refractivity (Wildman–Crippen MR) is 84.9 cm³/mol. The van der Waals surface area contributed by atoms with Crippen LogP contribution in [0.3, 0.4) is 0 Å². The normalized spacial score (nSPS) is 18.3. The molecule has 1 aliphatic rings. The van der Waals surface area contributed by atoms with Gasteiger partial charge in [-0.05, 0) is 52.9 Å². The molecule has 0 aliphatic carbocycles. The van der Waals surface area contributed by atoms with Crippen LogP contribution in [0.1, 0.15) is 32.6 Å². The van der Waals surface area contributed by atoms with E-state index in [9.17, 15) is 8.42 Å². The van der Waals surface area contributed by atoms with Crippen molar-refractivity contribution in [2.45, 2.75) is 37.5 Å². The Balaban J connectivity index is 2.13. The maximum absolute atomic E-state index is 12.6. The number of anilines is 1. The van der Waals surface area contributed by atoms with E-state index >= 15 is 0 Å². The molecule has 0 amide bonds. The fraction of sp³-hybridized carbons (Fsp3) is 0.571. The van der Waals surface area contributed by atoms with Crippen molar-refractivity contribution in [1.29, 1.82) is 0 Å². The summed E-state index contributed by atoms with van der Waals surface area (Å²) in [7, 11) is -3.39. The van der Waals surface area contributed by atoms with Gasteiger partial charge in [-0.1, -0.05) is 19.8 Å². The van der Waals surface area contributed by atoms with Crippen LogP contribution in [0.25, 0.3) is 0 Å². The van der Waals surface area contributed by atoms with Gasteiger partial charge in [-0.25, -0.2) is 8.42 Å². The first kappa shape index (κ1) is 15.8. The highest BCUT2D eigenvalue weighted by molar-refractivity contribution is 9.10. The lowest BCUT2D eigenvalue weighted by Crippen LogP contribution is -2.38. The Kier molecular flexibility index (Phi) is 5.09. The lowest BCUT2D eigenvalue weighted by atomic mass is 9.94. The molecule has 0 atom stereocenters. The molecule has 0 radical (unpaired) electrons. The molecule has 2 rings (SSSR count). The largest absolute Gasteiger partial charge is 0.398 e. The third-order valence-corrected chi connectivity index (χ3v) is 6.46. The first-order valence-electron chi connectivity index (χ1n) is 7.00. The maximum atomic E-state index is 12.6. The molecule has 1 heterocycles. The standard InChI is InChI=1S/C14H21BrN2O2S/c1-2-3-11-6-8-17(9-7-11)20(18,19)12-4-5-14(16)13(15)10-12/h4-5,10-11H,2-3,6-9,16H2,1H3. The molecule has 0 aromatic heterocycles. The first-order chi connectivity index (χ1) is 9.45. The van der Waals surface area contributed by atoms with Gasteiger partial charge in [0.05, 0.1) is 4.90 Å². The molecule has 20 heavy (non-hydrogen) atoms. The number of halogens is 1. The van der Waals surface area contributed by atoms with E-state index < -0.39 is 10.0 Å². The summed E-state index contributed by atoms with van der Waals surface area (Å²) in [5, 5.41) is 0. The van der Waals surface area contributed by atoms with Crippen LogP contribution >= 0.6 is 15.9 Å². The van der Waals surface area contributed by atoms with Gasteiger partial charge in [-0.2, -0.15) is 4.31 Å². The Morgan fingerprint density at radius 3 is 2.55 bits per heavy atom. The van der Waals surface area contributed by atoms with Crippen LogP contribution in [0.5, 0.6) is 0 Å². The van der Waals surface area contributed by atoms with Gasteiger partial charge in [0.2, 0.25) is 10.0 Å². The van der Waals surface area contributed by atoms with Crippen LogP contribution in [-0.2, 0) is 10.0 Å². The zero-order chi connectivity index (χ0) is 14.8. The van der Waals surface area contributed by atoms with Gasteiger partial charge < -0.3 is 5.73 Å². The number of nitrogen functional groups attached to an aromatic ring is 1. The van der Waals surface area contributed by atoms with Crippen molar-refractivity contribution in [1.82, 2.24) is 4.31 Å². The van der Waals surface area contributed by atoms with Gasteiger partial charge in [0.25, 0.3) is 0 Å². The van der Waals surface area contributed by atoms with Crippen molar-refractivity contribution < 1.29 is 8.42 Å². The van der Waals surface area contributed by atoms with Crippen LogP contribution in [0, 0.1) is 5.92 Å². The van der Waals surface area contributed by atoms with Crippen molar-refractivity contribution in [2.75, 3.05) is 18.8 Å². The second-order valence-corrected chi connectivity index (χ2v) is 8.11. The lowest BCUT2D eigenvalue weighted by Gasteiger charge is -2.31. The Hall–Kier alpha value is -0.590. The number of sulfonamides is 1. The molecule has 2 N–H and O–H groups in total. The summed E-state index contributed by atoms with van der Waals surface area (Å²) in [4.78, 5) is 0.313. The van der Waals surface area contributed by atoms with Gasteiger partial charge in [-0.3, -0.25) is 0 Å². The number of rotatable bonds is 4. The van der Waals surface area contributed by atoms with Crippen molar-refractivity contribution >= 4 is 31.6 Å². The van der Waals surface area contributed by atoms with Gasteiger partial charge in [-0.15, -0.1) is 0 Å². The zero-order valence-corrected chi connectivity index (χ0v) is 14.1. The smallest absolute Gasteiger partial charge is 0.243 e. The van der Waals surface area contributed by atoms with Crippen LogP contribution < -0.4 is 5.73 Å². The Bertz CT molecular complexity index is 567. The summed E-state index contributed by atoms with van der Waals surface area (Å²) in [5.74, 6) is 0.671. The molecule has 6 heteroatoms. The van der Waals surface area contributed by atoms with Crippen molar-refractivity contribution in [3.05, 3.63) is 22.7 Å². The molecule has 1 fully saturated rings. The van der Waals surface area contributed by atoms with Crippen molar-refractivity contribution in [2.24, 2.45) is 5.92 Å². The molecule has 1 saturated heterocycles. The Labute approximate surface area is 129 Å². The van der Waals surface area contributed by atoms with Gasteiger partial charge >= 0.3 is 0 Å². The molecule has 1 aromatic rings. The molecule has 112 valence electrons. The van der Waals surface area contributed by atoms with E-state index in [1.165, 1.54) is 12.8 Å². The number of hydrogen-bond acceptors (Lipinski definition) is 3. The molecule has 1 aliphatic heterocycles. The number of hydrogen-bond donors (Lipinski definition) is 1. The molecule has 0 saturated carbocycles. The number of nitrogens with zero attached hydrogens (tertiary/aromatic N) is 1. The Morgan fingerprint density at radius 1 is 1.35 bits per heavy atom. The summed E-state index contributed by atoms with van der Waals surface area (Å²) in [6, 6.07) is 4.79. The van der Waals surface area contributed by atoms with E-state index in [1.807, 2.05) is 0 Å². The van der Waals surface area contributed by atoms with Crippen LogP contribution in [0.15, 0.2) is 27.6 Å². The Morgan fingerprint density at radius 2 is 2.00 bits per heavy atom. The third-order valence-electron chi connectivity index (χ3n) is 3.88. The van der Waals surface area contributed by atoms with E-state index in [-0.39, 0.29) is 0 Å². The summed E-state index contributed by atoms with van der Waals surface area (Å²) in [6.07, 6.45) is 4.29. The second-order valence-electron chi connectivity index (χ2n) is 5.32. The van der Waals surface area contributed by atoms with Crippen LogP contribution in [0.4, 0.5) is 5.69 Å².